The number of aromatic amines is 1. The molecule has 0 aliphatic carbocycles. The molecule has 1 fully saturated rings. The van der Waals surface area contributed by atoms with Gasteiger partial charge in [0, 0.05) is 12.3 Å². The van der Waals surface area contributed by atoms with Gasteiger partial charge in [0.15, 0.2) is 11.8 Å². The first-order valence-corrected chi connectivity index (χ1v) is 12.8. The summed E-state index contributed by atoms with van der Waals surface area (Å²) < 4.78 is 36.2. The number of benzene rings is 1. The number of aliphatic hydroxyl groups is 2. The number of nitrogens with one attached hydrogen (secondary N) is 2. The Morgan fingerprint density at radius 2 is 1.97 bits per heavy atom. The SMILES string of the molecule is C#C[C@]1(O)[C@H](O)[C@@H](COP(=O)(N[C@@H](C)C(=O)OC(C)C)Oc2ccccc2)O[C@H]1n1ccc(=O)[nH]c1=O. The summed E-state index contributed by atoms with van der Waals surface area (Å²) in [5, 5.41) is 24.1. The Hall–Kier alpha value is -3.24. The van der Waals surface area contributed by atoms with Crippen molar-refractivity contribution in [1.82, 2.24) is 14.6 Å². The number of hydrogen-bond donors (Lipinski definition) is 4. The lowest BCUT2D eigenvalue weighted by molar-refractivity contribution is -0.149. The Kier molecular flexibility index (Phi) is 8.76. The molecule has 1 aliphatic heterocycles. The summed E-state index contributed by atoms with van der Waals surface area (Å²) in [7, 11) is -4.32. The normalized spacial score (nSPS) is 25.7. The number of aliphatic hydroxyl groups excluding tert-OH is 1. The Labute approximate surface area is 211 Å². The van der Waals surface area contributed by atoms with Crippen molar-refractivity contribution in [2.24, 2.45) is 0 Å². The summed E-state index contributed by atoms with van der Waals surface area (Å²) in [5.41, 5.74) is -4.06. The number of ether oxygens (including phenoxy) is 2. The molecule has 3 rings (SSSR count). The van der Waals surface area contributed by atoms with E-state index in [0.717, 1.165) is 16.8 Å². The Bertz CT molecular complexity index is 1300. The Balaban J connectivity index is 1.84. The fraction of sp³-hybridized carbons (Fsp3) is 0.435. The minimum absolute atomic E-state index is 0.147. The van der Waals surface area contributed by atoms with Crippen molar-refractivity contribution in [2.75, 3.05) is 6.61 Å². The molecule has 0 spiro atoms. The molecule has 0 amide bonds. The number of terminal acetylenes is 1. The standard InChI is InChI=1S/C23H28N3O10P/c1-5-23(31)19(28)17(35-21(23)26-12-11-18(27)24-22(26)30)13-33-37(32,36-16-9-7-6-8-10-16)25-15(4)20(29)34-14(2)3/h1,6-12,14-15,17,19,21,28,31H,13H2,2-4H3,(H,25,32)(H,24,27,30)/t15-,17+,19+,21+,23-,37?/m0/s1. The molecule has 1 aromatic heterocycles. The van der Waals surface area contributed by atoms with Gasteiger partial charge in [-0.1, -0.05) is 24.1 Å². The smallest absolute Gasteiger partial charge is 0.459 e. The Morgan fingerprint density at radius 3 is 2.57 bits per heavy atom. The third kappa shape index (κ3) is 6.56. The van der Waals surface area contributed by atoms with Crippen molar-refractivity contribution in [1.29, 1.82) is 0 Å². The van der Waals surface area contributed by atoms with Gasteiger partial charge in [-0.2, -0.15) is 5.09 Å². The zero-order valence-corrected chi connectivity index (χ0v) is 21.2. The number of carbonyl (C=O) groups excluding carboxylic acids is 1. The van der Waals surface area contributed by atoms with Crippen molar-refractivity contribution < 1.29 is 38.1 Å². The highest BCUT2D eigenvalue weighted by atomic mass is 31.2. The van der Waals surface area contributed by atoms with Crippen molar-refractivity contribution in [3.8, 4) is 18.1 Å². The highest BCUT2D eigenvalue weighted by Crippen LogP contribution is 2.46. The molecule has 37 heavy (non-hydrogen) atoms. The van der Waals surface area contributed by atoms with Gasteiger partial charge < -0.3 is 24.2 Å². The average molecular weight is 537 g/mol. The van der Waals surface area contributed by atoms with Crippen LogP contribution in [-0.4, -0.2) is 62.3 Å². The molecule has 0 saturated carbocycles. The lowest BCUT2D eigenvalue weighted by Gasteiger charge is -2.26. The number of esters is 1. The van der Waals surface area contributed by atoms with E-state index in [1.165, 1.54) is 19.1 Å². The highest BCUT2D eigenvalue weighted by Gasteiger charge is 2.56. The van der Waals surface area contributed by atoms with E-state index in [2.05, 4.69) is 5.09 Å². The quantitative estimate of drug-likeness (QED) is 0.186. The zero-order chi connectivity index (χ0) is 27.4. The molecule has 6 atom stereocenters. The largest absolute Gasteiger partial charge is 0.462 e. The second kappa shape index (κ2) is 11.4. The fourth-order valence-electron chi connectivity index (χ4n) is 3.46. The molecule has 1 aliphatic rings. The second-order valence-corrected chi connectivity index (χ2v) is 10.2. The van der Waals surface area contributed by atoms with Crippen LogP contribution >= 0.6 is 7.75 Å². The minimum atomic E-state index is -4.32. The molecule has 13 nitrogen and oxygen atoms in total. The first-order chi connectivity index (χ1) is 17.4. The van der Waals surface area contributed by atoms with E-state index in [9.17, 15) is 29.2 Å². The van der Waals surface area contributed by atoms with Gasteiger partial charge in [-0.15, -0.1) is 6.42 Å². The molecule has 1 saturated heterocycles. The summed E-state index contributed by atoms with van der Waals surface area (Å²) in [4.78, 5) is 37.9. The summed E-state index contributed by atoms with van der Waals surface area (Å²) in [6.07, 6.45) is 1.22. The van der Waals surface area contributed by atoms with Crippen molar-refractivity contribution in [3.63, 3.8) is 0 Å². The maximum absolute atomic E-state index is 13.6. The summed E-state index contributed by atoms with van der Waals surface area (Å²) >= 11 is 0. The van der Waals surface area contributed by atoms with Gasteiger partial charge in [0.25, 0.3) is 5.56 Å². The van der Waals surface area contributed by atoms with Crippen molar-refractivity contribution in [2.45, 2.75) is 57.0 Å². The van der Waals surface area contributed by atoms with Gasteiger partial charge in [-0.05, 0) is 32.9 Å². The van der Waals surface area contributed by atoms with Gasteiger partial charge in [-0.25, -0.2) is 9.36 Å². The van der Waals surface area contributed by atoms with E-state index in [1.807, 2.05) is 10.9 Å². The van der Waals surface area contributed by atoms with Crippen LogP contribution in [0.1, 0.15) is 27.0 Å². The molecule has 2 heterocycles. The molecule has 0 radical (unpaired) electrons. The van der Waals surface area contributed by atoms with Crippen LogP contribution in [0.25, 0.3) is 0 Å². The zero-order valence-electron chi connectivity index (χ0n) is 20.3. The van der Waals surface area contributed by atoms with Gasteiger partial charge in [0.1, 0.15) is 24.0 Å². The summed E-state index contributed by atoms with van der Waals surface area (Å²) in [5.74, 6) is 1.44. The highest BCUT2D eigenvalue weighted by molar-refractivity contribution is 7.52. The van der Waals surface area contributed by atoms with E-state index in [-0.39, 0.29) is 5.75 Å². The van der Waals surface area contributed by atoms with E-state index in [1.54, 1.807) is 32.0 Å². The van der Waals surface area contributed by atoms with Crippen LogP contribution in [0, 0.1) is 12.3 Å². The monoisotopic (exact) mass is 537 g/mol. The van der Waals surface area contributed by atoms with Crippen LogP contribution in [0.2, 0.25) is 0 Å². The molecule has 2 aromatic rings. The van der Waals surface area contributed by atoms with Crippen LogP contribution in [0.15, 0.2) is 52.2 Å². The first kappa shape index (κ1) is 28.3. The number of carbonyl (C=O) groups is 1. The van der Waals surface area contributed by atoms with Crippen molar-refractivity contribution >= 4 is 13.7 Å². The van der Waals surface area contributed by atoms with E-state index < -0.39 is 67.8 Å². The topological polar surface area (TPSA) is 178 Å². The number of aromatic nitrogens is 2. The molecular formula is C23H28N3O10P. The maximum Gasteiger partial charge on any atom is 0.459 e. The van der Waals surface area contributed by atoms with Crippen LogP contribution in [-0.2, 0) is 23.4 Å². The number of H-pyrrole nitrogens is 1. The fourth-order valence-corrected chi connectivity index (χ4v) is 4.96. The number of para-hydroxylation sites is 1. The molecule has 1 aromatic carbocycles. The van der Waals surface area contributed by atoms with E-state index in [0.29, 0.717) is 0 Å². The molecule has 0 bridgehead atoms. The first-order valence-electron chi connectivity index (χ1n) is 11.2. The number of rotatable bonds is 10. The molecule has 200 valence electrons. The number of nitrogens with zero attached hydrogens (tertiary/aromatic N) is 1. The minimum Gasteiger partial charge on any atom is -0.462 e. The van der Waals surface area contributed by atoms with Crippen molar-refractivity contribution in [3.05, 3.63) is 63.4 Å². The van der Waals surface area contributed by atoms with E-state index >= 15 is 0 Å². The number of hydrogen-bond acceptors (Lipinski definition) is 10. The maximum atomic E-state index is 13.6. The Morgan fingerprint density at radius 1 is 1.30 bits per heavy atom. The molecular weight excluding hydrogens is 509 g/mol. The predicted molar refractivity (Wildman–Crippen MR) is 129 cm³/mol. The van der Waals surface area contributed by atoms with Gasteiger partial charge in [0.2, 0.25) is 0 Å². The van der Waals surface area contributed by atoms with Crippen LogP contribution in [0.4, 0.5) is 0 Å². The lowest BCUT2D eigenvalue weighted by atomic mass is 9.95. The average Bonchev–Trinajstić information content (AvgIpc) is 3.08. The summed E-state index contributed by atoms with van der Waals surface area (Å²) in [6.45, 7) is 4.04. The molecule has 1 unspecified atom stereocenters. The van der Waals surface area contributed by atoms with Crippen LogP contribution in [0.5, 0.6) is 5.75 Å². The van der Waals surface area contributed by atoms with Crippen LogP contribution in [0.3, 0.4) is 0 Å². The second-order valence-electron chi connectivity index (χ2n) is 8.49. The third-order valence-corrected chi connectivity index (χ3v) is 6.90. The van der Waals surface area contributed by atoms with Crippen LogP contribution < -0.4 is 20.9 Å². The lowest BCUT2D eigenvalue weighted by Crippen LogP contribution is -2.48. The van der Waals surface area contributed by atoms with Gasteiger partial charge in [-0.3, -0.25) is 23.7 Å². The summed E-state index contributed by atoms with van der Waals surface area (Å²) in [6, 6.07) is 7.84. The van der Waals surface area contributed by atoms with Gasteiger partial charge in [0.05, 0.1) is 12.7 Å². The molecule has 4 N–H and O–H groups in total. The third-order valence-electron chi connectivity index (χ3n) is 5.25. The molecule has 14 heteroatoms. The van der Waals surface area contributed by atoms with E-state index in [4.69, 9.17) is 24.9 Å². The predicted octanol–water partition coefficient (Wildman–Crippen LogP) is 0.293. The van der Waals surface area contributed by atoms with Gasteiger partial charge >= 0.3 is 19.4 Å².